The monoisotopic (exact) mass is 208 g/mol. The molecule has 5 N–H and O–H groups in total. The number of rotatable bonds is 2. The van der Waals surface area contributed by atoms with Crippen LogP contribution in [0.4, 0.5) is 5.69 Å². The van der Waals surface area contributed by atoms with Crippen molar-refractivity contribution < 1.29 is 9.90 Å². The molecule has 0 aromatic heterocycles. The quantitative estimate of drug-likeness (QED) is 0.241. The normalized spacial score (nSPS) is 10.9. The average molecular weight is 208 g/mol. The van der Waals surface area contributed by atoms with Gasteiger partial charge >= 0.3 is 5.97 Å². The van der Waals surface area contributed by atoms with Crippen molar-refractivity contribution in [1.29, 1.82) is 0 Å². The van der Waals surface area contributed by atoms with E-state index in [1.807, 2.05) is 0 Å². The van der Waals surface area contributed by atoms with E-state index >= 15 is 0 Å². The van der Waals surface area contributed by atoms with Gasteiger partial charge in [0.05, 0.1) is 5.56 Å². The number of nitrogens with two attached hydrogens (primary N) is 1. The SMILES string of the molecule is CN=C(NN)Nc1ccc(C(=O)O)cc1. The van der Waals surface area contributed by atoms with Crippen LogP contribution in [0.5, 0.6) is 0 Å². The molecule has 0 saturated heterocycles. The van der Waals surface area contributed by atoms with E-state index in [2.05, 4.69) is 15.7 Å². The first-order valence-corrected chi connectivity index (χ1v) is 4.21. The lowest BCUT2D eigenvalue weighted by atomic mass is 10.2. The van der Waals surface area contributed by atoms with Crippen LogP contribution < -0.4 is 16.6 Å². The van der Waals surface area contributed by atoms with Gasteiger partial charge in [-0.3, -0.25) is 10.4 Å². The molecule has 0 aliphatic rings. The predicted molar refractivity (Wildman–Crippen MR) is 57.7 cm³/mol. The molecule has 6 nitrogen and oxygen atoms in total. The molecule has 0 heterocycles. The van der Waals surface area contributed by atoms with Gasteiger partial charge in [-0.05, 0) is 24.3 Å². The highest BCUT2D eigenvalue weighted by molar-refractivity contribution is 5.94. The smallest absolute Gasteiger partial charge is 0.335 e. The Hall–Kier alpha value is -2.08. The fraction of sp³-hybridized carbons (Fsp3) is 0.111. The topological polar surface area (TPSA) is 99.7 Å². The minimum atomic E-state index is -0.956. The zero-order valence-electron chi connectivity index (χ0n) is 8.19. The molecule has 0 fully saturated rings. The van der Waals surface area contributed by atoms with Gasteiger partial charge in [0, 0.05) is 12.7 Å². The number of hydrogen-bond acceptors (Lipinski definition) is 3. The van der Waals surface area contributed by atoms with Crippen LogP contribution in [-0.2, 0) is 0 Å². The fourth-order valence-corrected chi connectivity index (χ4v) is 0.989. The van der Waals surface area contributed by atoms with E-state index in [4.69, 9.17) is 10.9 Å². The molecule has 1 aromatic carbocycles. The first-order chi connectivity index (χ1) is 7.17. The van der Waals surface area contributed by atoms with Crippen molar-refractivity contribution >= 4 is 17.6 Å². The molecule has 0 spiro atoms. The van der Waals surface area contributed by atoms with E-state index in [9.17, 15) is 4.79 Å². The number of aliphatic imine (C=N–C) groups is 1. The van der Waals surface area contributed by atoms with Gasteiger partial charge < -0.3 is 10.4 Å². The second-order valence-electron chi connectivity index (χ2n) is 2.72. The van der Waals surface area contributed by atoms with Crippen LogP contribution in [0.2, 0.25) is 0 Å². The lowest BCUT2D eigenvalue weighted by molar-refractivity contribution is 0.0697. The maximum atomic E-state index is 10.6. The second-order valence-corrected chi connectivity index (χ2v) is 2.72. The number of guanidine groups is 1. The number of hydrazine groups is 1. The average Bonchev–Trinajstić information content (AvgIpc) is 2.26. The van der Waals surface area contributed by atoms with Crippen molar-refractivity contribution in [3.8, 4) is 0 Å². The Kier molecular flexibility index (Phi) is 3.64. The third kappa shape index (κ3) is 2.96. The van der Waals surface area contributed by atoms with Crippen molar-refractivity contribution in [2.24, 2.45) is 10.8 Å². The number of nitrogens with one attached hydrogen (secondary N) is 2. The summed E-state index contributed by atoms with van der Waals surface area (Å²) in [6.45, 7) is 0. The Morgan fingerprint density at radius 1 is 1.40 bits per heavy atom. The molecule has 0 aliphatic heterocycles. The maximum absolute atomic E-state index is 10.6. The lowest BCUT2D eigenvalue weighted by Gasteiger charge is -2.07. The standard InChI is InChI=1S/C9H12N4O2/c1-11-9(13-10)12-7-4-2-6(3-5-7)8(14)15/h2-5H,10H2,1H3,(H,14,15)(H2,11,12,13). The number of benzene rings is 1. The molecule has 6 heteroatoms. The van der Waals surface area contributed by atoms with Crippen LogP contribution in [0.1, 0.15) is 10.4 Å². The number of nitrogens with zero attached hydrogens (tertiary/aromatic N) is 1. The number of carbonyl (C=O) groups is 1. The van der Waals surface area contributed by atoms with Crippen molar-refractivity contribution in [3.63, 3.8) is 0 Å². The molecule has 0 atom stereocenters. The highest BCUT2D eigenvalue weighted by Crippen LogP contribution is 2.08. The van der Waals surface area contributed by atoms with Crippen LogP contribution in [0.15, 0.2) is 29.3 Å². The van der Waals surface area contributed by atoms with Gasteiger partial charge in [-0.1, -0.05) is 0 Å². The van der Waals surface area contributed by atoms with E-state index in [1.165, 1.54) is 12.1 Å². The Balaban J connectivity index is 2.76. The van der Waals surface area contributed by atoms with Crippen LogP contribution in [-0.4, -0.2) is 24.1 Å². The van der Waals surface area contributed by atoms with Gasteiger partial charge in [-0.25, -0.2) is 10.6 Å². The first-order valence-electron chi connectivity index (χ1n) is 4.21. The van der Waals surface area contributed by atoms with E-state index in [-0.39, 0.29) is 5.56 Å². The molecule has 0 aliphatic carbocycles. The highest BCUT2D eigenvalue weighted by atomic mass is 16.4. The number of carboxylic acids is 1. The number of anilines is 1. The summed E-state index contributed by atoms with van der Waals surface area (Å²) in [6.07, 6.45) is 0. The number of hydrogen-bond donors (Lipinski definition) is 4. The summed E-state index contributed by atoms with van der Waals surface area (Å²) in [4.78, 5) is 14.4. The van der Waals surface area contributed by atoms with Crippen LogP contribution >= 0.6 is 0 Å². The summed E-state index contributed by atoms with van der Waals surface area (Å²) >= 11 is 0. The van der Waals surface area contributed by atoms with Crippen molar-refractivity contribution in [2.75, 3.05) is 12.4 Å². The van der Waals surface area contributed by atoms with Crippen molar-refractivity contribution in [2.45, 2.75) is 0 Å². The fourth-order valence-electron chi connectivity index (χ4n) is 0.989. The maximum Gasteiger partial charge on any atom is 0.335 e. The summed E-state index contributed by atoms with van der Waals surface area (Å²) in [5, 5.41) is 11.5. The third-order valence-corrected chi connectivity index (χ3v) is 1.75. The van der Waals surface area contributed by atoms with Crippen LogP contribution in [0.3, 0.4) is 0 Å². The van der Waals surface area contributed by atoms with E-state index in [1.54, 1.807) is 19.2 Å². The number of carboxylic acid groups (broad SMARTS) is 1. The minimum absolute atomic E-state index is 0.233. The zero-order chi connectivity index (χ0) is 11.3. The van der Waals surface area contributed by atoms with Crippen LogP contribution in [0, 0.1) is 0 Å². The van der Waals surface area contributed by atoms with Crippen molar-refractivity contribution in [3.05, 3.63) is 29.8 Å². The molecule has 1 aromatic rings. The molecule has 1 rings (SSSR count). The minimum Gasteiger partial charge on any atom is -0.478 e. The predicted octanol–water partition coefficient (Wildman–Crippen LogP) is 0.246. The van der Waals surface area contributed by atoms with Crippen LogP contribution in [0.25, 0.3) is 0 Å². The molecule has 0 unspecified atom stereocenters. The van der Waals surface area contributed by atoms with E-state index in [0.717, 1.165) is 0 Å². The molecule has 0 saturated carbocycles. The Morgan fingerprint density at radius 2 is 2.00 bits per heavy atom. The third-order valence-electron chi connectivity index (χ3n) is 1.75. The molecular weight excluding hydrogens is 196 g/mol. The summed E-state index contributed by atoms with van der Waals surface area (Å²) in [5.41, 5.74) is 3.30. The lowest BCUT2D eigenvalue weighted by Crippen LogP contribution is -2.36. The summed E-state index contributed by atoms with van der Waals surface area (Å²) in [6, 6.07) is 6.25. The summed E-state index contributed by atoms with van der Waals surface area (Å²) < 4.78 is 0. The van der Waals surface area contributed by atoms with Crippen molar-refractivity contribution in [1.82, 2.24) is 5.43 Å². The summed E-state index contributed by atoms with van der Waals surface area (Å²) in [7, 11) is 1.58. The van der Waals surface area contributed by atoms with Gasteiger partial charge in [0.15, 0.2) is 0 Å². The second kappa shape index (κ2) is 4.97. The van der Waals surface area contributed by atoms with Gasteiger partial charge in [0.1, 0.15) is 0 Å². The molecular formula is C9H12N4O2. The molecule has 0 bridgehead atoms. The zero-order valence-corrected chi connectivity index (χ0v) is 8.19. The Labute approximate surface area is 86.8 Å². The van der Waals surface area contributed by atoms with Gasteiger partial charge in [0.2, 0.25) is 5.96 Å². The van der Waals surface area contributed by atoms with E-state index < -0.39 is 5.97 Å². The van der Waals surface area contributed by atoms with Gasteiger partial charge in [-0.15, -0.1) is 0 Å². The molecule has 0 radical (unpaired) electrons. The largest absolute Gasteiger partial charge is 0.478 e. The highest BCUT2D eigenvalue weighted by Gasteiger charge is 2.02. The molecule has 80 valence electrons. The molecule has 0 amide bonds. The van der Waals surface area contributed by atoms with E-state index in [0.29, 0.717) is 11.6 Å². The van der Waals surface area contributed by atoms with Gasteiger partial charge in [0.25, 0.3) is 0 Å². The Bertz CT molecular complexity index is 372. The number of aromatic carboxylic acids is 1. The first kappa shape index (κ1) is 11.0. The summed E-state index contributed by atoms with van der Waals surface area (Å²) in [5.74, 6) is 4.62. The Morgan fingerprint density at radius 3 is 2.40 bits per heavy atom. The van der Waals surface area contributed by atoms with Gasteiger partial charge in [-0.2, -0.15) is 0 Å². The molecule has 15 heavy (non-hydrogen) atoms.